The van der Waals surface area contributed by atoms with Crippen LogP contribution in [-0.2, 0) is 6.42 Å². The number of halogens is 1. The summed E-state index contributed by atoms with van der Waals surface area (Å²) in [7, 11) is 0. The minimum Gasteiger partial charge on any atom is -0.364 e. The fraction of sp³-hybridized carbons (Fsp3) is 0.667. The summed E-state index contributed by atoms with van der Waals surface area (Å²) in [5.74, 6) is 1.43. The van der Waals surface area contributed by atoms with E-state index in [1.54, 1.807) is 6.33 Å². The molecule has 1 N–H and O–H groups in total. The number of hydrogen-bond donors (Lipinski definition) is 1. The Hall–Kier alpha value is -0.830. The zero-order valence-corrected chi connectivity index (χ0v) is 11.0. The lowest BCUT2D eigenvalue weighted by Gasteiger charge is -2.27. The fourth-order valence-corrected chi connectivity index (χ4v) is 1.64. The lowest BCUT2D eigenvalue weighted by molar-refractivity contribution is 0.551. The smallest absolute Gasteiger partial charge is 0.130 e. The van der Waals surface area contributed by atoms with Gasteiger partial charge in [0.05, 0.1) is 0 Å². The van der Waals surface area contributed by atoms with E-state index in [0.29, 0.717) is 5.88 Å². The van der Waals surface area contributed by atoms with E-state index in [9.17, 15) is 0 Å². The fourth-order valence-electron chi connectivity index (χ4n) is 1.38. The topological polar surface area (TPSA) is 37.8 Å². The number of hydrogen-bond acceptors (Lipinski definition) is 3. The monoisotopic (exact) mass is 241 g/mol. The number of nitrogens with zero attached hydrogens (tertiary/aromatic N) is 2. The lowest BCUT2D eigenvalue weighted by Crippen LogP contribution is -2.36. The van der Waals surface area contributed by atoms with Crippen LogP contribution >= 0.6 is 11.6 Å². The molecule has 1 heterocycles. The van der Waals surface area contributed by atoms with Gasteiger partial charge in [-0.1, -0.05) is 20.3 Å². The predicted molar refractivity (Wildman–Crippen MR) is 69.1 cm³/mol. The SMILES string of the molecule is CCCc1cc(NC(C)(CC)CCl)ncn1. The van der Waals surface area contributed by atoms with Crippen molar-refractivity contribution in [2.75, 3.05) is 11.2 Å². The third kappa shape index (κ3) is 3.63. The average Bonchev–Trinajstić information content (AvgIpc) is 2.30. The van der Waals surface area contributed by atoms with Gasteiger partial charge in [-0.3, -0.25) is 0 Å². The molecule has 0 bridgehead atoms. The Morgan fingerprint density at radius 2 is 2.12 bits per heavy atom. The van der Waals surface area contributed by atoms with E-state index in [1.807, 2.05) is 6.07 Å². The summed E-state index contributed by atoms with van der Waals surface area (Å²) in [6.45, 7) is 6.36. The first-order valence-corrected chi connectivity index (χ1v) is 6.32. The minimum atomic E-state index is -0.0978. The molecule has 1 atom stereocenters. The van der Waals surface area contributed by atoms with E-state index < -0.39 is 0 Å². The number of aromatic nitrogens is 2. The van der Waals surface area contributed by atoms with Gasteiger partial charge in [0.2, 0.25) is 0 Å². The van der Waals surface area contributed by atoms with Crippen LogP contribution in [0.15, 0.2) is 12.4 Å². The van der Waals surface area contributed by atoms with Crippen LogP contribution in [0.3, 0.4) is 0 Å². The van der Waals surface area contributed by atoms with Crippen LogP contribution in [0.25, 0.3) is 0 Å². The summed E-state index contributed by atoms with van der Waals surface area (Å²) in [5, 5.41) is 3.37. The van der Waals surface area contributed by atoms with Crippen LogP contribution in [0, 0.1) is 0 Å². The zero-order chi connectivity index (χ0) is 12.0. The first kappa shape index (κ1) is 13.2. The molecule has 0 spiro atoms. The normalized spacial score (nSPS) is 14.5. The largest absolute Gasteiger partial charge is 0.364 e. The molecule has 1 rings (SSSR count). The summed E-state index contributed by atoms with van der Waals surface area (Å²) < 4.78 is 0. The zero-order valence-electron chi connectivity index (χ0n) is 10.3. The highest BCUT2D eigenvalue weighted by molar-refractivity contribution is 6.18. The molecule has 3 nitrogen and oxygen atoms in total. The highest BCUT2D eigenvalue weighted by Crippen LogP contribution is 2.18. The molecule has 0 aromatic carbocycles. The molecule has 0 radical (unpaired) electrons. The molecule has 90 valence electrons. The molecule has 16 heavy (non-hydrogen) atoms. The Morgan fingerprint density at radius 1 is 1.38 bits per heavy atom. The van der Waals surface area contributed by atoms with Crippen LogP contribution in [0.5, 0.6) is 0 Å². The Bertz CT molecular complexity index is 324. The van der Waals surface area contributed by atoms with Crippen molar-refractivity contribution in [3.05, 3.63) is 18.1 Å². The summed E-state index contributed by atoms with van der Waals surface area (Å²) >= 11 is 5.95. The second kappa shape index (κ2) is 6.04. The molecule has 0 saturated carbocycles. The third-order valence-corrected chi connectivity index (χ3v) is 3.32. The predicted octanol–water partition coefficient (Wildman–Crippen LogP) is 3.25. The molecule has 1 aromatic heterocycles. The number of rotatable bonds is 6. The van der Waals surface area contributed by atoms with E-state index in [1.165, 1.54) is 0 Å². The minimum absolute atomic E-state index is 0.0978. The van der Waals surface area contributed by atoms with Gasteiger partial charge >= 0.3 is 0 Å². The molecular formula is C12H20ClN3. The Morgan fingerprint density at radius 3 is 2.69 bits per heavy atom. The van der Waals surface area contributed by atoms with Crippen molar-refractivity contribution in [3.8, 4) is 0 Å². The van der Waals surface area contributed by atoms with E-state index in [-0.39, 0.29) is 5.54 Å². The number of anilines is 1. The first-order valence-electron chi connectivity index (χ1n) is 5.78. The molecule has 0 amide bonds. The number of alkyl halides is 1. The lowest BCUT2D eigenvalue weighted by atomic mass is 10.0. The van der Waals surface area contributed by atoms with Crippen molar-refractivity contribution < 1.29 is 0 Å². The highest BCUT2D eigenvalue weighted by Gasteiger charge is 2.20. The second-order valence-electron chi connectivity index (χ2n) is 4.32. The quantitative estimate of drug-likeness (QED) is 0.777. The molecule has 1 unspecified atom stereocenters. The Kier molecular flexibility index (Phi) is 5.00. The summed E-state index contributed by atoms with van der Waals surface area (Å²) in [4.78, 5) is 8.45. The maximum atomic E-state index is 5.95. The van der Waals surface area contributed by atoms with Gasteiger partial charge in [0, 0.05) is 23.2 Å². The van der Waals surface area contributed by atoms with Crippen molar-refractivity contribution in [3.63, 3.8) is 0 Å². The standard InChI is InChI=1S/C12H20ClN3/c1-4-6-10-7-11(15-9-14-10)16-12(3,5-2)8-13/h7,9H,4-6,8H2,1-3H3,(H,14,15,16). The van der Waals surface area contributed by atoms with Crippen LogP contribution < -0.4 is 5.32 Å². The van der Waals surface area contributed by atoms with Crippen LogP contribution in [0.1, 0.15) is 39.3 Å². The van der Waals surface area contributed by atoms with E-state index in [0.717, 1.165) is 30.8 Å². The van der Waals surface area contributed by atoms with Gasteiger partial charge in [0.15, 0.2) is 0 Å². The van der Waals surface area contributed by atoms with Crippen LogP contribution in [-0.4, -0.2) is 21.4 Å². The van der Waals surface area contributed by atoms with Gasteiger partial charge in [-0.25, -0.2) is 9.97 Å². The Labute approximate surface area is 103 Å². The van der Waals surface area contributed by atoms with E-state index in [4.69, 9.17) is 11.6 Å². The molecule has 0 saturated heterocycles. The maximum Gasteiger partial charge on any atom is 0.130 e. The third-order valence-electron chi connectivity index (χ3n) is 2.73. The average molecular weight is 242 g/mol. The summed E-state index contributed by atoms with van der Waals surface area (Å²) in [6, 6.07) is 2.00. The number of aryl methyl sites for hydroxylation is 1. The molecule has 0 aliphatic heterocycles. The molecule has 0 aliphatic rings. The maximum absolute atomic E-state index is 5.95. The molecule has 0 fully saturated rings. The van der Waals surface area contributed by atoms with Crippen molar-refractivity contribution in [2.24, 2.45) is 0 Å². The van der Waals surface area contributed by atoms with E-state index in [2.05, 4.69) is 36.1 Å². The van der Waals surface area contributed by atoms with E-state index >= 15 is 0 Å². The number of nitrogens with one attached hydrogen (secondary N) is 1. The molecular weight excluding hydrogens is 222 g/mol. The second-order valence-corrected chi connectivity index (χ2v) is 4.58. The summed E-state index contributed by atoms with van der Waals surface area (Å²) in [6.07, 6.45) is 4.65. The molecule has 1 aromatic rings. The van der Waals surface area contributed by atoms with Crippen molar-refractivity contribution in [2.45, 2.75) is 45.6 Å². The Balaban J connectivity index is 2.76. The highest BCUT2D eigenvalue weighted by atomic mass is 35.5. The van der Waals surface area contributed by atoms with Gasteiger partial charge in [0.25, 0.3) is 0 Å². The van der Waals surface area contributed by atoms with Gasteiger partial charge in [-0.2, -0.15) is 0 Å². The van der Waals surface area contributed by atoms with Gasteiger partial charge < -0.3 is 5.32 Å². The van der Waals surface area contributed by atoms with Crippen molar-refractivity contribution >= 4 is 17.4 Å². The summed E-state index contributed by atoms with van der Waals surface area (Å²) in [5.41, 5.74) is 0.979. The van der Waals surface area contributed by atoms with Crippen LogP contribution in [0.2, 0.25) is 0 Å². The first-order chi connectivity index (χ1) is 7.63. The van der Waals surface area contributed by atoms with Gasteiger partial charge in [-0.05, 0) is 19.8 Å². The van der Waals surface area contributed by atoms with Gasteiger partial charge in [0.1, 0.15) is 12.1 Å². The van der Waals surface area contributed by atoms with Crippen LogP contribution in [0.4, 0.5) is 5.82 Å². The van der Waals surface area contributed by atoms with Gasteiger partial charge in [-0.15, -0.1) is 11.6 Å². The van der Waals surface area contributed by atoms with Crippen molar-refractivity contribution in [1.82, 2.24) is 9.97 Å². The molecule has 0 aliphatic carbocycles. The van der Waals surface area contributed by atoms with Crippen molar-refractivity contribution in [1.29, 1.82) is 0 Å². The molecule has 4 heteroatoms.